The summed E-state index contributed by atoms with van der Waals surface area (Å²) in [4.78, 5) is 32.1. The van der Waals surface area contributed by atoms with E-state index in [0.29, 0.717) is 21.0 Å². The number of benzene rings is 2. The molecule has 2 aliphatic carbocycles. The number of rotatable bonds is 4. The molecule has 2 fully saturated rings. The first kappa shape index (κ1) is 25.8. The number of fused-ring (bicyclic) bond motifs is 3. The Morgan fingerprint density at radius 1 is 0.923 bits per heavy atom. The fourth-order valence-electron chi connectivity index (χ4n) is 4.20. The van der Waals surface area contributed by atoms with Gasteiger partial charge in [0.15, 0.2) is 35.3 Å². The third-order valence-electron chi connectivity index (χ3n) is 6.39. The van der Waals surface area contributed by atoms with Crippen LogP contribution in [0.2, 0.25) is 0 Å². The fourth-order valence-corrected chi connectivity index (χ4v) is 4.85. The summed E-state index contributed by atoms with van der Waals surface area (Å²) in [6.45, 7) is 0. The van der Waals surface area contributed by atoms with E-state index in [1.807, 2.05) is 0 Å². The van der Waals surface area contributed by atoms with Crippen molar-refractivity contribution in [2.75, 3.05) is 0 Å². The average molecular weight is 666 g/mol. The molecule has 39 heavy (non-hydrogen) atoms. The number of oxazole rings is 2. The van der Waals surface area contributed by atoms with Crippen LogP contribution in [-0.4, -0.2) is 26.5 Å². The van der Waals surface area contributed by atoms with Crippen LogP contribution in [0.1, 0.15) is 42.2 Å². The van der Waals surface area contributed by atoms with Gasteiger partial charge in [-0.1, -0.05) is 0 Å². The highest BCUT2D eigenvalue weighted by Crippen LogP contribution is 2.38. The quantitative estimate of drug-likeness (QED) is 0.216. The molecule has 3 heterocycles. The molecule has 0 aliphatic heterocycles. The lowest BCUT2D eigenvalue weighted by molar-refractivity contribution is 0.0947. The summed E-state index contributed by atoms with van der Waals surface area (Å²) in [6, 6.07) is 5.29. The molecule has 2 saturated carbocycles. The second-order valence-corrected chi connectivity index (χ2v) is 11.0. The van der Waals surface area contributed by atoms with E-state index in [1.165, 1.54) is 12.5 Å². The van der Waals surface area contributed by atoms with Gasteiger partial charge in [0, 0.05) is 17.5 Å². The van der Waals surface area contributed by atoms with Crippen molar-refractivity contribution in [1.82, 2.24) is 19.9 Å². The molecule has 7 rings (SSSR count). The minimum absolute atomic E-state index is 0.00208. The van der Waals surface area contributed by atoms with Crippen LogP contribution in [0.25, 0.3) is 33.3 Å². The highest BCUT2D eigenvalue weighted by atomic mass is 79.9. The van der Waals surface area contributed by atoms with Crippen LogP contribution in [0.15, 0.2) is 59.6 Å². The van der Waals surface area contributed by atoms with Crippen LogP contribution >= 0.6 is 31.9 Å². The van der Waals surface area contributed by atoms with Crippen LogP contribution < -0.4 is 10.9 Å². The molecule has 5 aromatic rings. The van der Waals surface area contributed by atoms with Crippen LogP contribution in [0, 0.1) is 17.5 Å². The molecule has 1 amide bonds. The molecule has 13 heteroatoms. The van der Waals surface area contributed by atoms with Crippen LogP contribution in [0.4, 0.5) is 13.2 Å². The lowest BCUT2D eigenvalue weighted by Gasteiger charge is -2.10. The van der Waals surface area contributed by atoms with Gasteiger partial charge >= 0.3 is 0 Å². The van der Waals surface area contributed by atoms with Gasteiger partial charge in [-0.05, 0) is 81.8 Å². The number of halogens is 5. The second kappa shape index (κ2) is 9.94. The van der Waals surface area contributed by atoms with E-state index < -0.39 is 17.5 Å². The van der Waals surface area contributed by atoms with E-state index in [9.17, 15) is 22.8 Å². The number of hydrogen-bond donors (Lipinski definition) is 1. The average Bonchev–Trinajstić information content (AvgIpc) is 3.80. The molecular weight excluding hydrogens is 649 g/mol. The zero-order valence-corrected chi connectivity index (χ0v) is 23.0. The van der Waals surface area contributed by atoms with Crippen molar-refractivity contribution < 1.29 is 26.8 Å². The van der Waals surface area contributed by atoms with Crippen LogP contribution in [0.5, 0.6) is 0 Å². The molecule has 0 radical (unpaired) electrons. The van der Waals surface area contributed by atoms with Crippen LogP contribution in [0.3, 0.4) is 0 Å². The summed E-state index contributed by atoms with van der Waals surface area (Å²) in [5.74, 6) is -2.25. The molecule has 8 nitrogen and oxygen atoms in total. The van der Waals surface area contributed by atoms with Crippen molar-refractivity contribution in [2.24, 2.45) is 0 Å². The van der Waals surface area contributed by atoms with E-state index >= 15 is 0 Å². The lowest BCUT2D eigenvalue weighted by atomic mass is 10.1. The van der Waals surface area contributed by atoms with Crippen molar-refractivity contribution in [2.45, 2.75) is 37.8 Å². The van der Waals surface area contributed by atoms with Gasteiger partial charge in [0.2, 0.25) is 0 Å². The predicted octanol–water partition coefficient (Wildman–Crippen LogP) is 6.65. The van der Waals surface area contributed by atoms with Gasteiger partial charge in [0.25, 0.3) is 11.5 Å². The van der Waals surface area contributed by atoms with E-state index in [0.717, 1.165) is 44.2 Å². The Labute approximate surface area is 234 Å². The molecular formula is C26H17Br2F3N4O4. The summed E-state index contributed by atoms with van der Waals surface area (Å²) in [7, 11) is 0. The minimum Gasteiger partial charge on any atom is -0.443 e. The van der Waals surface area contributed by atoms with Gasteiger partial charge in [-0.2, -0.15) is 0 Å². The molecule has 0 unspecified atom stereocenters. The van der Waals surface area contributed by atoms with E-state index in [4.69, 9.17) is 8.83 Å². The summed E-state index contributed by atoms with van der Waals surface area (Å²) in [5, 5.41) is 3.31. The summed E-state index contributed by atoms with van der Waals surface area (Å²) >= 11 is 6.05. The van der Waals surface area contributed by atoms with Crippen molar-refractivity contribution in [3.05, 3.63) is 79.5 Å². The Morgan fingerprint density at radius 2 is 1.62 bits per heavy atom. The Bertz CT molecular complexity index is 1830. The molecule has 0 bridgehead atoms. The van der Waals surface area contributed by atoms with E-state index in [1.54, 1.807) is 10.6 Å². The monoisotopic (exact) mass is 664 g/mol. The number of nitrogens with one attached hydrogen (secondary N) is 1. The van der Waals surface area contributed by atoms with Gasteiger partial charge in [-0.25, -0.2) is 23.1 Å². The second-order valence-electron chi connectivity index (χ2n) is 9.24. The Morgan fingerprint density at radius 3 is 2.33 bits per heavy atom. The third kappa shape index (κ3) is 4.89. The van der Waals surface area contributed by atoms with Crippen molar-refractivity contribution in [1.29, 1.82) is 0 Å². The SMILES string of the molecule is O=C(NC1CC1)c1ncoc1-c1cc(F)c(Br)cc1F.O=c1c2ncoc2c2cc(F)c(Br)cc2n1C1CC1. The van der Waals surface area contributed by atoms with Crippen LogP contribution in [-0.2, 0) is 0 Å². The van der Waals surface area contributed by atoms with Gasteiger partial charge in [0.05, 0.1) is 20.0 Å². The van der Waals surface area contributed by atoms with Gasteiger partial charge in [-0.15, -0.1) is 0 Å². The Balaban J connectivity index is 0.000000142. The zero-order chi connectivity index (χ0) is 27.4. The number of amides is 1. The predicted molar refractivity (Wildman–Crippen MR) is 142 cm³/mol. The molecule has 1 N–H and O–H groups in total. The van der Waals surface area contributed by atoms with E-state index in [2.05, 4.69) is 47.1 Å². The van der Waals surface area contributed by atoms with Crippen molar-refractivity contribution in [3.8, 4) is 11.3 Å². The molecule has 0 atom stereocenters. The summed E-state index contributed by atoms with van der Waals surface area (Å²) in [6.07, 6.45) is 6.03. The normalized spacial score (nSPS) is 14.9. The van der Waals surface area contributed by atoms with Gasteiger partial charge < -0.3 is 18.7 Å². The highest BCUT2D eigenvalue weighted by molar-refractivity contribution is 9.10. The molecule has 0 saturated heterocycles. The number of hydrogen-bond acceptors (Lipinski definition) is 6. The molecule has 3 aromatic heterocycles. The van der Waals surface area contributed by atoms with Gasteiger partial charge in [-0.3, -0.25) is 9.59 Å². The molecule has 2 aliphatic rings. The first-order valence-electron chi connectivity index (χ1n) is 11.9. The van der Waals surface area contributed by atoms with Gasteiger partial charge in [0.1, 0.15) is 17.5 Å². The highest BCUT2D eigenvalue weighted by Gasteiger charge is 2.29. The minimum atomic E-state index is -0.699. The number of nitrogens with zero attached hydrogens (tertiary/aromatic N) is 3. The van der Waals surface area contributed by atoms with Crippen molar-refractivity contribution >= 4 is 59.8 Å². The summed E-state index contributed by atoms with van der Waals surface area (Å²) in [5.41, 5.74) is 0.952. The number of carbonyl (C=O) groups excluding carboxylic acids is 1. The maximum atomic E-state index is 13.9. The maximum Gasteiger partial charge on any atom is 0.281 e. The first-order chi connectivity index (χ1) is 18.7. The number of pyridine rings is 1. The smallest absolute Gasteiger partial charge is 0.281 e. The first-order valence-corrected chi connectivity index (χ1v) is 13.5. The summed E-state index contributed by atoms with van der Waals surface area (Å²) < 4.78 is 53.5. The fraction of sp³-hybridized carbons (Fsp3) is 0.231. The maximum absolute atomic E-state index is 13.9. The largest absolute Gasteiger partial charge is 0.443 e. The number of aromatic nitrogens is 3. The van der Waals surface area contributed by atoms with Crippen molar-refractivity contribution in [3.63, 3.8) is 0 Å². The molecule has 200 valence electrons. The standard InChI is InChI=1S/C13H9BrF2N2O2.C13H8BrFN2O2/c14-8-4-9(15)7(3-10(8)16)12-11(17-5-20-12)13(19)18-6-1-2-6;14-8-4-10-7(3-9(8)15)12-11(16-5-19-12)13(18)17(10)6-1-2-6/h3-6H,1-2H2,(H,18,19);3-6H,1-2H2. The third-order valence-corrected chi connectivity index (χ3v) is 7.61. The van der Waals surface area contributed by atoms with E-state index in [-0.39, 0.29) is 50.5 Å². The zero-order valence-electron chi connectivity index (χ0n) is 19.8. The lowest BCUT2D eigenvalue weighted by Crippen LogP contribution is -2.26. The topological polar surface area (TPSA) is 103 Å². The molecule has 2 aromatic carbocycles. The molecule has 0 spiro atoms. The Kier molecular flexibility index (Phi) is 6.58. The number of carbonyl (C=O) groups is 1. The Hall–Kier alpha value is -3.45.